The molecule has 0 aliphatic rings. The number of rotatable bonds is 40. The number of esters is 3. The van der Waals surface area contributed by atoms with Gasteiger partial charge in [-0.05, 0) is 116 Å². The first-order valence-corrected chi connectivity index (χ1v) is 23.6. The fourth-order valence-electron chi connectivity index (χ4n) is 5.69. The third-order valence-corrected chi connectivity index (χ3v) is 9.21. The van der Waals surface area contributed by atoms with Crippen LogP contribution in [-0.4, -0.2) is 37.2 Å². The molecule has 0 saturated heterocycles. The normalized spacial score (nSPS) is 13.2. The minimum absolute atomic E-state index is 0.122. The van der Waals surface area contributed by atoms with Crippen molar-refractivity contribution >= 4 is 17.9 Å². The Kier molecular flexibility index (Phi) is 44.2. The molecule has 6 heteroatoms. The van der Waals surface area contributed by atoms with Crippen LogP contribution in [0.5, 0.6) is 0 Å². The first-order valence-electron chi connectivity index (χ1n) is 23.6. The molecule has 0 aliphatic carbocycles. The zero-order valence-electron chi connectivity index (χ0n) is 38.2. The zero-order valence-corrected chi connectivity index (χ0v) is 38.2. The third kappa shape index (κ3) is 44.9. The van der Waals surface area contributed by atoms with Crippen molar-refractivity contribution in [1.82, 2.24) is 0 Å². The molecular weight excluding hydrogens is 745 g/mol. The summed E-state index contributed by atoms with van der Waals surface area (Å²) in [5.41, 5.74) is 0. The molecule has 0 aromatic heterocycles. The number of allylic oxidation sites excluding steroid dienone is 20. The second-order valence-corrected chi connectivity index (χ2v) is 14.9. The van der Waals surface area contributed by atoms with Gasteiger partial charge in [0.25, 0.3) is 0 Å². The minimum atomic E-state index is -0.824. The van der Waals surface area contributed by atoms with Gasteiger partial charge >= 0.3 is 17.9 Å². The summed E-state index contributed by atoms with van der Waals surface area (Å²) in [4.78, 5) is 37.8. The number of unbranched alkanes of at least 4 members (excludes halogenated alkanes) is 10. The Hall–Kier alpha value is -4.19. The molecule has 0 fully saturated rings. The van der Waals surface area contributed by atoms with Crippen molar-refractivity contribution < 1.29 is 28.6 Å². The van der Waals surface area contributed by atoms with E-state index in [1.165, 1.54) is 12.8 Å². The molecule has 60 heavy (non-hydrogen) atoms. The van der Waals surface area contributed by atoms with Crippen LogP contribution in [0.15, 0.2) is 122 Å². The van der Waals surface area contributed by atoms with Gasteiger partial charge in [0.2, 0.25) is 0 Å². The Morgan fingerprint density at radius 3 is 1.12 bits per heavy atom. The van der Waals surface area contributed by atoms with Gasteiger partial charge in [0, 0.05) is 19.3 Å². The highest BCUT2D eigenvalue weighted by molar-refractivity contribution is 5.71. The van der Waals surface area contributed by atoms with Crippen LogP contribution in [0.3, 0.4) is 0 Å². The van der Waals surface area contributed by atoms with Crippen LogP contribution in [0.2, 0.25) is 0 Å². The second kappa shape index (κ2) is 47.5. The number of carbonyl (C=O) groups is 3. The van der Waals surface area contributed by atoms with Crippen LogP contribution in [0.4, 0.5) is 0 Å². The van der Waals surface area contributed by atoms with Crippen molar-refractivity contribution in [3.05, 3.63) is 122 Å². The summed E-state index contributed by atoms with van der Waals surface area (Å²) >= 11 is 0. The fourth-order valence-corrected chi connectivity index (χ4v) is 5.69. The molecule has 6 nitrogen and oxygen atoms in total. The van der Waals surface area contributed by atoms with E-state index >= 15 is 0 Å². The lowest BCUT2D eigenvalue weighted by atomic mass is 10.1. The summed E-state index contributed by atoms with van der Waals surface area (Å²) in [7, 11) is 0. The van der Waals surface area contributed by atoms with E-state index in [-0.39, 0.29) is 37.5 Å². The lowest BCUT2D eigenvalue weighted by Gasteiger charge is -2.18. The molecule has 0 amide bonds. The second-order valence-electron chi connectivity index (χ2n) is 14.9. The molecule has 0 bridgehead atoms. The summed E-state index contributed by atoms with van der Waals surface area (Å²) in [6, 6.07) is 0. The van der Waals surface area contributed by atoms with E-state index in [0.717, 1.165) is 122 Å². The SMILES string of the molecule is CC/C=C\C/C=C\C/C=C\C/C=C\C/C=C\CCCCCC(=O)OCC(COC(=O)CCCCC/C=C\C=C/CCCC)OC(=O)CCCC/C=C\C/C=C\C/C=C\CC. The van der Waals surface area contributed by atoms with E-state index < -0.39 is 6.10 Å². The van der Waals surface area contributed by atoms with E-state index in [0.29, 0.717) is 19.3 Å². The van der Waals surface area contributed by atoms with E-state index in [1.54, 1.807) is 0 Å². The molecule has 0 aliphatic heterocycles. The Labute approximate surface area is 367 Å². The maximum atomic E-state index is 12.7. The Bertz CT molecular complexity index is 1320. The van der Waals surface area contributed by atoms with Crippen molar-refractivity contribution in [3.63, 3.8) is 0 Å². The summed E-state index contributed by atoms with van der Waals surface area (Å²) < 4.78 is 16.6. The van der Waals surface area contributed by atoms with Gasteiger partial charge in [-0.3, -0.25) is 14.4 Å². The summed E-state index contributed by atoms with van der Waals surface area (Å²) in [5, 5.41) is 0. The molecule has 336 valence electrons. The quantitative estimate of drug-likeness (QED) is 0.0201. The topological polar surface area (TPSA) is 78.9 Å². The maximum absolute atomic E-state index is 12.7. The van der Waals surface area contributed by atoms with Gasteiger partial charge in [-0.25, -0.2) is 0 Å². The molecule has 0 aromatic carbocycles. The van der Waals surface area contributed by atoms with Gasteiger partial charge in [-0.1, -0.05) is 168 Å². The Morgan fingerprint density at radius 1 is 0.367 bits per heavy atom. The lowest BCUT2D eigenvalue weighted by Crippen LogP contribution is -2.30. The molecule has 1 atom stereocenters. The van der Waals surface area contributed by atoms with Crippen LogP contribution in [0.1, 0.15) is 181 Å². The van der Waals surface area contributed by atoms with Gasteiger partial charge in [0.1, 0.15) is 13.2 Å². The number of ether oxygens (including phenoxy) is 3. The smallest absolute Gasteiger partial charge is 0.306 e. The van der Waals surface area contributed by atoms with Gasteiger partial charge < -0.3 is 14.2 Å². The van der Waals surface area contributed by atoms with Crippen molar-refractivity contribution in [3.8, 4) is 0 Å². The minimum Gasteiger partial charge on any atom is -0.462 e. The van der Waals surface area contributed by atoms with E-state index in [4.69, 9.17) is 14.2 Å². The molecule has 0 radical (unpaired) electrons. The molecule has 0 aromatic rings. The van der Waals surface area contributed by atoms with E-state index in [2.05, 4.69) is 142 Å². The lowest BCUT2D eigenvalue weighted by molar-refractivity contribution is -0.167. The monoisotopic (exact) mass is 829 g/mol. The van der Waals surface area contributed by atoms with Crippen LogP contribution >= 0.6 is 0 Å². The van der Waals surface area contributed by atoms with Gasteiger partial charge in [0.15, 0.2) is 6.10 Å². The highest BCUT2D eigenvalue weighted by Crippen LogP contribution is 2.10. The van der Waals surface area contributed by atoms with Crippen molar-refractivity contribution in [2.75, 3.05) is 13.2 Å². The summed E-state index contributed by atoms with van der Waals surface area (Å²) in [5.74, 6) is -1.03. The molecule has 0 N–H and O–H groups in total. The first kappa shape index (κ1) is 55.8. The zero-order chi connectivity index (χ0) is 43.7. The van der Waals surface area contributed by atoms with Gasteiger partial charge in [-0.15, -0.1) is 0 Å². The van der Waals surface area contributed by atoms with Crippen molar-refractivity contribution in [2.45, 2.75) is 187 Å². The summed E-state index contributed by atoms with van der Waals surface area (Å²) in [6.45, 7) is 6.23. The van der Waals surface area contributed by atoms with E-state index in [1.807, 2.05) is 0 Å². The molecule has 0 spiro atoms. The molecular formula is C54H84O6. The highest BCUT2D eigenvalue weighted by Gasteiger charge is 2.19. The third-order valence-electron chi connectivity index (χ3n) is 9.21. The van der Waals surface area contributed by atoms with E-state index in [9.17, 15) is 14.4 Å². The molecule has 0 saturated carbocycles. The van der Waals surface area contributed by atoms with Crippen LogP contribution in [-0.2, 0) is 28.6 Å². The predicted molar refractivity (Wildman–Crippen MR) is 256 cm³/mol. The predicted octanol–water partition coefficient (Wildman–Crippen LogP) is 15.4. The molecule has 0 rings (SSSR count). The Morgan fingerprint density at radius 2 is 0.700 bits per heavy atom. The summed E-state index contributed by atoms with van der Waals surface area (Å²) in [6.07, 6.45) is 64.7. The highest BCUT2D eigenvalue weighted by atomic mass is 16.6. The van der Waals surface area contributed by atoms with Crippen LogP contribution in [0.25, 0.3) is 0 Å². The van der Waals surface area contributed by atoms with Crippen LogP contribution in [0, 0.1) is 0 Å². The first-order chi connectivity index (χ1) is 29.5. The molecule has 0 heterocycles. The maximum Gasteiger partial charge on any atom is 0.306 e. The average molecular weight is 829 g/mol. The Balaban J connectivity index is 4.52. The van der Waals surface area contributed by atoms with Crippen molar-refractivity contribution in [2.24, 2.45) is 0 Å². The van der Waals surface area contributed by atoms with Gasteiger partial charge in [-0.2, -0.15) is 0 Å². The standard InChI is InChI=1S/C54H84O6/c1-4-7-10-13-16-19-22-24-25-26-27-28-29-30-33-35-38-41-44-47-53(56)59-50-51(49-58-52(55)46-43-40-37-34-31-21-18-15-12-9-6-3)60-54(57)48-45-42-39-36-32-23-20-17-14-11-8-5-2/h7-8,10-11,15-21,24-25,27-28,30-33,36,51H,4-6,9,12-14,22-23,26,29,34-35,37-50H2,1-3H3/b10-7-,11-8-,18-15-,19-16-,20-17-,25-24-,28-27-,31-21-,33-30-,36-32-. The largest absolute Gasteiger partial charge is 0.462 e. The number of carbonyl (C=O) groups excluding carboxylic acids is 3. The van der Waals surface area contributed by atoms with Crippen molar-refractivity contribution in [1.29, 1.82) is 0 Å². The molecule has 1 unspecified atom stereocenters. The average Bonchev–Trinajstić information content (AvgIpc) is 3.24. The van der Waals surface area contributed by atoms with Gasteiger partial charge in [0.05, 0.1) is 0 Å². The fraction of sp³-hybridized carbons (Fsp3) is 0.574. The van der Waals surface area contributed by atoms with Crippen LogP contribution < -0.4 is 0 Å². The number of hydrogen-bond acceptors (Lipinski definition) is 6. The number of hydrogen-bond donors (Lipinski definition) is 0.